The van der Waals surface area contributed by atoms with Crippen molar-refractivity contribution in [3.8, 4) is 0 Å². The van der Waals surface area contributed by atoms with Gasteiger partial charge in [0.2, 0.25) is 0 Å². The van der Waals surface area contributed by atoms with Crippen LogP contribution in [0.3, 0.4) is 0 Å². The van der Waals surface area contributed by atoms with Gasteiger partial charge in [-0.05, 0) is 55.4 Å². The number of halogens is 2. The lowest BCUT2D eigenvalue weighted by molar-refractivity contribution is 0.000893. The molecule has 18 heavy (non-hydrogen) atoms. The number of hydrogen-bond donors (Lipinski definition) is 1. The minimum absolute atomic E-state index is 0.235. The fourth-order valence-corrected chi connectivity index (χ4v) is 2.70. The van der Waals surface area contributed by atoms with Gasteiger partial charge in [0.05, 0.1) is 12.7 Å². The van der Waals surface area contributed by atoms with Crippen molar-refractivity contribution in [2.45, 2.75) is 38.4 Å². The van der Waals surface area contributed by atoms with Crippen LogP contribution in [0.4, 0.5) is 4.39 Å². The van der Waals surface area contributed by atoms with Crippen LogP contribution in [-0.2, 0) is 11.3 Å². The summed E-state index contributed by atoms with van der Waals surface area (Å²) < 4.78 is 19.8. The maximum absolute atomic E-state index is 13.1. The van der Waals surface area contributed by atoms with E-state index in [9.17, 15) is 4.39 Å². The predicted molar refractivity (Wildman–Crippen MR) is 71.7 cm³/mol. The van der Waals surface area contributed by atoms with Crippen molar-refractivity contribution in [3.63, 3.8) is 0 Å². The first kappa shape index (κ1) is 14.0. The van der Waals surface area contributed by atoms with Crippen molar-refractivity contribution in [3.05, 3.63) is 34.1 Å². The fraction of sp³-hybridized carbons (Fsp3) is 0.571. The highest BCUT2D eigenvalue weighted by Gasteiger charge is 2.21. The fourth-order valence-electron chi connectivity index (χ4n) is 2.34. The van der Waals surface area contributed by atoms with E-state index in [0.29, 0.717) is 12.5 Å². The third-order valence-electron chi connectivity index (χ3n) is 3.53. The first-order chi connectivity index (χ1) is 8.69. The molecule has 1 aromatic carbocycles. The first-order valence-electron chi connectivity index (χ1n) is 6.35. The molecule has 100 valence electrons. The third-order valence-corrected chi connectivity index (χ3v) is 4.31. The van der Waals surface area contributed by atoms with Crippen LogP contribution in [0.25, 0.3) is 0 Å². The lowest BCUT2D eigenvalue weighted by atomic mass is 9.88. The molecule has 0 radical (unpaired) electrons. The standard InChI is InChI=1S/C14H18BrFO2/c15-14-6-3-12(16)7-11(14)9-18-13-4-1-10(8-17)2-5-13/h3,6-7,10,13,17H,1-2,4-5,8-9H2. The highest BCUT2D eigenvalue weighted by Crippen LogP contribution is 2.27. The molecule has 0 spiro atoms. The van der Waals surface area contributed by atoms with Crippen molar-refractivity contribution in [2.75, 3.05) is 6.61 Å². The quantitative estimate of drug-likeness (QED) is 0.918. The van der Waals surface area contributed by atoms with Gasteiger partial charge in [-0.3, -0.25) is 0 Å². The van der Waals surface area contributed by atoms with E-state index in [0.717, 1.165) is 35.7 Å². The van der Waals surface area contributed by atoms with Gasteiger partial charge in [-0.1, -0.05) is 15.9 Å². The average molecular weight is 317 g/mol. The predicted octanol–water partition coefficient (Wildman–Crippen LogP) is 3.66. The van der Waals surface area contributed by atoms with E-state index in [1.807, 2.05) is 0 Å². The summed E-state index contributed by atoms with van der Waals surface area (Å²) in [6.45, 7) is 0.717. The Balaban J connectivity index is 1.83. The van der Waals surface area contributed by atoms with E-state index in [-0.39, 0.29) is 18.5 Å². The molecule has 1 aliphatic carbocycles. The first-order valence-corrected chi connectivity index (χ1v) is 7.14. The van der Waals surface area contributed by atoms with Gasteiger partial charge in [0, 0.05) is 11.1 Å². The molecule has 2 rings (SSSR count). The second-order valence-corrected chi connectivity index (χ2v) is 5.73. The van der Waals surface area contributed by atoms with Crippen molar-refractivity contribution in [2.24, 2.45) is 5.92 Å². The van der Waals surface area contributed by atoms with Crippen molar-refractivity contribution in [1.29, 1.82) is 0 Å². The van der Waals surface area contributed by atoms with E-state index in [1.54, 1.807) is 6.07 Å². The maximum atomic E-state index is 13.1. The van der Waals surface area contributed by atoms with Gasteiger partial charge in [-0.25, -0.2) is 4.39 Å². The van der Waals surface area contributed by atoms with Crippen molar-refractivity contribution >= 4 is 15.9 Å². The third kappa shape index (κ3) is 3.77. The summed E-state index contributed by atoms with van der Waals surface area (Å²) >= 11 is 3.40. The Morgan fingerprint density at radius 1 is 1.28 bits per heavy atom. The van der Waals surface area contributed by atoms with Crippen molar-refractivity contribution in [1.82, 2.24) is 0 Å². The Morgan fingerprint density at radius 3 is 2.67 bits per heavy atom. The second kappa shape index (κ2) is 6.64. The number of aliphatic hydroxyl groups is 1. The number of hydrogen-bond acceptors (Lipinski definition) is 2. The largest absolute Gasteiger partial charge is 0.396 e. The molecule has 0 bridgehead atoms. The number of aliphatic hydroxyl groups excluding tert-OH is 1. The molecule has 1 aromatic rings. The molecule has 0 aliphatic heterocycles. The number of ether oxygens (including phenoxy) is 1. The molecular weight excluding hydrogens is 299 g/mol. The van der Waals surface area contributed by atoms with E-state index in [2.05, 4.69) is 15.9 Å². The zero-order valence-electron chi connectivity index (χ0n) is 10.2. The van der Waals surface area contributed by atoms with Crippen LogP contribution in [0.5, 0.6) is 0 Å². The summed E-state index contributed by atoms with van der Waals surface area (Å²) in [6, 6.07) is 4.64. The lowest BCUT2D eigenvalue weighted by Gasteiger charge is -2.27. The van der Waals surface area contributed by atoms with Crippen LogP contribution in [-0.4, -0.2) is 17.8 Å². The SMILES string of the molecule is OCC1CCC(OCc2cc(F)ccc2Br)CC1. The van der Waals surface area contributed by atoms with Gasteiger partial charge in [0.15, 0.2) is 0 Å². The van der Waals surface area contributed by atoms with Gasteiger partial charge in [-0.2, -0.15) is 0 Å². The Kier molecular flexibility index (Phi) is 5.15. The molecular formula is C14H18BrFO2. The minimum atomic E-state index is -0.235. The Bertz CT molecular complexity index is 389. The van der Waals surface area contributed by atoms with Crippen LogP contribution >= 0.6 is 15.9 Å². The molecule has 0 aromatic heterocycles. The van der Waals surface area contributed by atoms with E-state index < -0.39 is 0 Å². The van der Waals surface area contributed by atoms with Crippen LogP contribution in [0.2, 0.25) is 0 Å². The Hall–Kier alpha value is -0.450. The Labute approximate surface area is 115 Å². The highest BCUT2D eigenvalue weighted by atomic mass is 79.9. The zero-order chi connectivity index (χ0) is 13.0. The summed E-state index contributed by atoms with van der Waals surface area (Å²) in [7, 11) is 0. The minimum Gasteiger partial charge on any atom is -0.396 e. The maximum Gasteiger partial charge on any atom is 0.123 e. The molecule has 1 aliphatic rings. The van der Waals surface area contributed by atoms with Gasteiger partial charge >= 0.3 is 0 Å². The Morgan fingerprint density at radius 2 is 2.00 bits per heavy atom. The van der Waals surface area contributed by atoms with E-state index in [1.165, 1.54) is 12.1 Å². The monoisotopic (exact) mass is 316 g/mol. The molecule has 1 N–H and O–H groups in total. The molecule has 1 fully saturated rings. The molecule has 1 saturated carbocycles. The van der Waals surface area contributed by atoms with E-state index >= 15 is 0 Å². The molecule has 4 heteroatoms. The molecule has 2 nitrogen and oxygen atoms in total. The molecule has 0 amide bonds. The van der Waals surface area contributed by atoms with Gasteiger partial charge in [0.1, 0.15) is 5.82 Å². The summed E-state index contributed by atoms with van der Waals surface area (Å²) in [4.78, 5) is 0. The number of benzene rings is 1. The van der Waals surface area contributed by atoms with Crippen LogP contribution in [0.15, 0.2) is 22.7 Å². The topological polar surface area (TPSA) is 29.5 Å². The lowest BCUT2D eigenvalue weighted by Crippen LogP contribution is -2.23. The molecule has 0 atom stereocenters. The van der Waals surface area contributed by atoms with Crippen LogP contribution < -0.4 is 0 Å². The average Bonchev–Trinajstić information content (AvgIpc) is 2.40. The van der Waals surface area contributed by atoms with Crippen LogP contribution in [0.1, 0.15) is 31.2 Å². The van der Waals surface area contributed by atoms with Crippen LogP contribution in [0, 0.1) is 11.7 Å². The van der Waals surface area contributed by atoms with Gasteiger partial charge in [0.25, 0.3) is 0 Å². The summed E-state index contributed by atoms with van der Waals surface area (Å²) in [5.41, 5.74) is 0.847. The molecule has 0 saturated heterocycles. The zero-order valence-corrected chi connectivity index (χ0v) is 11.8. The summed E-state index contributed by atoms with van der Waals surface area (Å²) in [6.07, 6.45) is 4.25. The summed E-state index contributed by atoms with van der Waals surface area (Å²) in [5.74, 6) is 0.201. The summed E-state index contributed by atoms with van der Waals surface area (Å²) in [5, 5.41) is 9.06. The smallest absolute Gasteiger partial charge is 0.123 e. The molecule has 0 unspecified atom stereocenters. The normalized spacial score (nSPS) is 24.2. The van der Waals surface area contributed by atoms with Crippen molar-refractivity contribution < 1.29 is 14.2 Å². The highest BCUT2D eigenvalue weighted by molar-refractivity contribution is 9.10. The van der Waals surface area contributed by atoms with Gasteiger partial charge < -0.3 is 9.84 Å². The molecule has 0 heterocycles. The second-order valence-electron chi connectivity index (χ2n) is 4.87. The van der Waals surface area contributed by atoms with Gasteiger partial charge in [-0.15, -0.1) is 0 Å². The van der Waals surface area contributed by atoms with E-state index in [4.69, 9.17) is 9.84 Å². The number of rotatable bonds is 4.